The third kappa shape index (κ3) is 3.12. The van der Waals surface area contributed by atoms with Gasteiger partial charge in [-0.15, -0.1) is 0 Å². The van der Waals surface area contributed by atoms with E-state index in [1.54, 1.807) is 23.8 Å². The maximum absolute atomic E-state index is 13.0. The average Bonchev–Trinajstić information content (AvgIpc) is 2.82. The van der Waals surface area contributed by atoms with Gasteiger partial charge >= 0.3 is 0 Å². The number of nitrogens with one attached hydrogen (secondary N) is 2. The molecule has 20 heavy (non-hydrogen) atoms. The van der Waals surface area contributed by atoms with Crippen LogP contribution in [0.2, 0.25) is 0 Å². The first kappa shape index (κ1) is 14.4. The summed E-state index contributed by atoms with van der Waals surface area (Å²) in [6.45, 7) is 0.824. The van der Waals surface area contributed by atoms with Gasteiger partial charge in [-0.05, 0) is 36.5 Å². The molecule has 1 amide bonds. The molecule has 2 rings (SSSR count). The van der Waals surface area contributed by atoms with Gasteiger partial charge in [0.15, 0.2) is 4.77 Å². The molecule has 0 radical (unpaired) electrons. The number of hydrogen-bond donors (Lipinski definition) is 2. The van der Waals surface area contributed by atoms with Gasteiger partial charge < -0.3 is 15.0 Å². The van der Waals surface area contributed by atoms with E-state index in [1.165, 1.54) is 18.3 Å². The summed E-state index contributed by atoms with van der Waals surface area (Å²) in [6.07, 6.45) is 1.52. The van der Waals surface area contributed by atoms with Gasteiger partial charge in [-0.25, -0.2) is 4.39 Å². The Labute approximate surface area is 120 Å². The summed E-state index contributed by atoms with van der Waals surface area (Å²) in [4.78, 5) is 14.9. The zero-order chi connectivity index (χ0) is 14.5. The molecule has 106 valence electrons. The minimum atomic E-state index is -0.345. The lowest BCUT2D eigenvalue weighted by atomic mass is 10.3. The average molecular weight is 295 g/mol. The molecule has 0 spiro atoms. The number of imidazole rings is 1. The van der Waals surface area contributed by atoms with Gasteiger partial charge in [-0.3, -0.25) is 9.36 Å². The minimum absolute atomic E-state index is 0.279. The van der Waals surface area contributed by atoms with E-state index >= 15 is 0 Å². The fraction of sp³-hybridized carbons (Fsp3) is 0.231. The van der Waals surface area contributed by atoms with E-state index in [0.29, 0.717) is 29.3 Å². The van der Waals surface area contributed by atoms with Crippen LogP contribution in [-0.4, -0.2) is 35.7 Å². The molecule has 0 bridgehead atoms. The van der Waals surface area contributed by atoms with Crippen molar-refractivity contribution in [3.05, 3.63) is 46.7 Å². The Hall–Kier alpha value is -1.99. The maximum atomic E-state index is 13.0. The highest BCUT2D eigenvalue weighted by atomic mass is 32.1. The molecule has 1 heterocycles. The van der Waals surface area contributed by atoms with E-state index in [2.05, 4.69) is 10.3 Å². The molecule has 7 heteroatoms. The van der Waals surface area contributed by atoms with Crippen molar-refractivity contribution >= 4 is 18.1 Å². The van der Waals surface area contributed by atoms with E-state index < -0.39 is 0 Å². The fourth-order valence-electron chi connectivity index (χ4n) is 1.74. The standard InChI is InChI=1S/C13H14FN3O2S/c1-19-7-6-15-12(18)11-8-16-13(20)17(11)10-4-2-9(14)3-5-10/h2-5,8H,6-7H2,1H3,(H,15,18)(H,16,20). The number of nitrogens with zero attached hydrogens (tertiary/aromatic N) is 1. The van der Waals surface area contributed by atoms with Crippen LogP contribution in [0.4, 0.5) is 4.39 Å². The molecule has 0 saturated heterocycles. The van der Waals surface area contributed by atoms with Crippen LogP contribution in [0.5, 0.6) is 0 Å². The molecule has 0 atom stereocenters. The molecule has 0 unspecified atom stereocenters. The predicted octanol–water partition coefficient (Wildman–Crippen LogP) is 2.05. The van der Waals surface area contributed by atoms with E-state index in [1.807, 2.05) is 0 Å². The Kier molecular flexibility index (Phi) is 4.65. The van der Waals surface area contributed by atoms with E-state index in [-0.39, 0.29) is 11.7 Å². The molecule has 0 aliphatic heterocycles. The van der Waals surface area contributed by atoms with Crippen molar-refractivity contribution in [1.29, 1.82) is 0 Å². The van der Waals surface area contributed by atoms with Gasteiger partial charge in [0.25, 0.3) is 5.91 Å². The molecule has 0 fully saturated rings. The molecular formula is C13H14FN3O2S. The molecule has 5 nitrogen and oxygen atoms in total. The number of halogens is 1. The van der Waals surface area contributed by atoms with Gasteiger partial charge in [-0.1, -0.05) is 0 Å². The van der Waals surface area contributed by atoms with Crippen molar-refractivity contribution in [1.82, 2.24) is 14.9 Å². The first-order valence-electron chi connectivity index (χ1n) is 5.97. The smallest absolute Gasteiger partial charge is 0.269 e. The zero-order valence-corrected chi connectivity index (χ0v) is 11.7. The molecule has 2 aromatic rings. The fourth-order valence-corrected chi connectivity index (χ4v) is 2.00. The van der Waals surface area contributed by atoms with Crippen molar-refractivity contribution < 1.29 is 13.9 Å². The monoisotopic (exact) mass is 295 g/mol. The Morgan fingerprint density at radius 2 is 2.15 bits per heavy atom. The van der Waals surface area contributed by atoms with Crippen LogP contribution in [0.3, 0.4) is 0 Å². The molecule has 2 N–H and O–H groups in total. The molecule has 1 aromatic heterocycles. The zero-order valence-electron chi connectivity index (χ0n) is 10.9. The van der Waals surface area contributed by atoms with Crippen molar-refractivity contribution in [3.63, 3.8) is 0 Å². The van der Waals surface area contributed by atoms with E-state index in [4.69, 9.17) is 17.0 Å². The van der Waals surface area contributed by atoms with Crippen LogP contribution in [0.25, 0.3) is 5.69 Å². The van der Waals surface area contributed by atoms with Crippen LogP contribution in [-0.2, 0) is 4.74 Å². The summed E-state index contributed by atoms with van der Waals surface area (Å²) in [7, 11) is 1.56. The molecular weight excluding hydrogens is 281 g/mol. The summed E-state index contributed by atoms with van der Waals surface area (Å²) in [5, 5.41) is 2.71. The Morgan fingerprint density at radius 3 is 2.80 bits per heavy atom. The summed E-state index contributed by atoms with van der Waals surface area (Å²) < 4.78 is 19.7. The van der Waals surface area contributed by atoms with Crippen molar-refractivity contribution in [2.75, 3.05) is 20.3 Å². The normalized spacial score (nSPS) is 10.5. The molecule has 1 aromatic carbocycles. The number of rotatable bonds is 5. The van der Waals surface area contributed by atoms with Gasteiger partial charge in [0.1, 0.15) is 11.5 Å². The van der Waals surface area contributed by atoms with Crippen LogP contribution < -0.4 is 5.32 Å². The third-order valence-electron chi connectivity index (χ3n) is 2.69. The summed E-state index contributed by atoms with van der Waals surface area (Å²) in [5.41, 5.74) is 0.979. The number of aromatic amines is 1. The maximum Gasteiger partial charge on any atom is 0.269 e. The first-order valence-corrected chi connectivity index (χ1v) is 6.38. The van der Waals surface area contributed by atoms with Crippen molar-refractivity contribution in [2.45, 2.75) is 0 Å². The molecule has 0 aliphatic rings. The number of carbonyl (C=O) groups is 1. The van der Waals surface area contributed by atoms with Gasteiger partial charge in [0.05, 0.1) is 6.61 Å². The van der Waals surface area contributed by atoms with Gasteiger partial charge in [-0.2, -0.15) is 0 Å². The number of amides is 1. The number of methoxy groups -OCH3 is 1. The number of aromatic nitrogens is 2. The predicted molar refractivity (Wildman–Crippen MR) is 75.1 cm³/mol. The van der Waals surface area contributed by atoms with Crippen LogP contribution in [0.15, 0.2) is 30.5 Å². The Bertz CT molecular complexity index is 648. The number of carbonyl (C=O) groups excluding carboxylic acids is 1. The Morgan fingerprint density at radius 1 is 1.45 bits per heavy atom. The van der Waals surface area contributed by atoms with E-state index in [9.17, 15) is 9.18 Å². The number of ether oxygens (including phenoxy) is 1. The summed E-state index contributed by atoms with van der Waals surface area (Å²) in [6, 6.07) is 5.75. The minimum Gasteiger partial charge on any atom is -0.383 e. The SMILES string of the molecule is COCCNC(=O)c1c[nH]c(=S)n1-c1ccc(F)cc1. The topological polar surface area (TPSA) is 59.0 Å². The highest BCUT2D eigenvalue weighted by Gasteiger charge is 2.13. The highest BCUT2D eigenvalue weighted by molar-refractivity contribution is 7.71. The van der Waals surface area contributed by atoms with Gasteiger partial charge in [0, 0.05) is 25.5 Å². The summed E-state index contributed by atoms with van der Waals surface area (Å²) in [5.74, 6) is -0.624. The highest BCUT2D eigenvalue weighted by Crippen LogP contribution is 2.13. The van der Waals surface area contributed by atoms with Crippen LogP contribution in [0.1, 0.15) is 10.5 Å². The van der Waals surface area contributed by atoms with Crippen molar-refractivity contribution in [3.8, 4) is 5.69 Å². The van der Waals surface area contributed by atoms with Crippen molar-refractivity contribution in [2.24, 2.45) is 0 Å². The van der Waals surface area contributed by atoms with E-state index in [0.717, 1.165) is 0 Å². The third-order valence-corrected chi connectivity index (χ3v) is 2.99. The number of benzene rings is 1. The lowest BCUT2D eigenvalue weighted by Gasteiger charge is -2.08. The van der Waals surface area contributed by atoms with Gasteiger partial charge in [0.2, 0.25) is 0 Å². The second-order valence-electron chi connectivity index (χ2n) is 4.04. The molecule has 0 aliphatic carbocycles. The lowest BCUT2D eigenvalue weighted by molar-refractivity contribution is 0.0930. The molecule has 0 saturated carbocycles. The largest absolute Gasteiger partial charge is 0.383 e. The van der Waals surface area contributed by atoms with Crippen LogP contribution >= 0.6 is 12.2 Å². The number of H-pyrrole nitrogens is 1. The number of hydrogen-bond acceptors (Lipinski definition) is 3. The quantitative estimate of drug-likeness (QED) is 0.655. The second kappa shape index (κ2) is 6.44. The summed E-state index contributed by atoms with van der Waals surface area (Å²) >= 11 is 5.15. The van der Waals surface area contributed by atoms with Crippen LogP contribution in [0, 0.1) is 10.6 Å². The first-order chi connectivity index (χ1) is 9.63. The lowest BCUT2D eigenvalue weighted by Crippen LogP contribution is -2.28. The second-order valence-corrected chi connectivity index (χ2v) is 4.43. The Balaban J connectivity index is 2.30.